The fourth-order valence-corrected chi connectivity index (χ4v) is 3.92. The summed E-state index contributed by atoms with van der Waals surface area (Å²) >= 11 is 1.08. The fraction of sp³-hybridized carbons (Fsp3) is 0.381. The Morgan fingerprint density at radius 1 is 1.07 bits per heavy atom. The Balaban J connectivity index is 2.25. The van der Waals surface area contributed by atoms with Crippen LogP contribution >= 0.6 is 11.3 Å². The Hall–Kier alpha value is -2.87. The van der Waals surface area contributed by atoms with Crippen molar-refractivity contribution < 1.29 is 23.9 Å². The van der Waals surface area contributed by atoms with Gasteiger partial charge in [0.15, 0.2) is 0 Å². The number of benzene rings is 1. The molecule has 1 heterocycles. The first-order valence-electron chi connectivity index (χ1n) is 9.32. The number of carbonyl (C=O) groups excluding carboxylic acids is 3. The van der Waals surface area contributed by atoms with Crippen molar-refractivity contribution in [1.29, 1.82) is 0 Å². The molecular weight excluding hydrogens is 392 g/mol. The lowest BCUT2D eigenvalue weighted by Crippen LogP contribution is -2.21. The molecule has 0 fully saturated rings. The normalized spacial score (nSPS) is 10.4. The molecule has 0 radical (unpaired) electrons. The number of amides is 2. The number of rotatable bonds is 8. The second kappa shape index (κ2) is 10.1. The molecule has 0 spiro atoms. The molecule has 1 aromatic carbocycles. The summed E-state index contributed by atoms with van der Waals surface area (Å²) in [5.74, 6) is -0.340. The Morgan fingerprint density at radius 3 is 2.28 bits per heavy atom. The second-order valence-electron chi connectivity index (χ2n) is 6.48. The Morgan fingerprint density at radius 2 is 1.72 bits per heavy atom. The zero-order valence-electron chi connectivity index (χ0n) is 17.3. The molecule has 8 heteroatoms. The van der Waals surface area contributed by atoms with Crippen molar-refractivity contribution in [2.45, 2.75) is 27.2 Å². The van der Waals surface area contributed by atoms with E-state index in [0.717, 1.165) is 22.6 Å². The Bertz CT molecular complexity index is 887. The molecule has 0 aliphatic carbocycles. The predicted molar refractivity (Wildman–Crippen MR) is 113 cm³/mol. The van der Waals surface area contributed by atoms with Crippen molar-refractivity contribution in [1.82, 2.24) is 4.90 Å². The van der Waals surface area contributed by atoms with Crippen molar-refractivity contribution in [3.05, 3.63) is 45.8 Å². The van der Waals surface area contributed by atoms with E-state index in [0.29, 0.717) is 22.0 Å². The molecule has 2 aromatic rings. The van der Waals surface area contributed by atoms with Crippen molar-refractivity contribution in [3.63, 3.8) is 0 Å². The maximum Gasteiger partial charge on any atom is 0.341 e. The van der Waals surface area contributed by atoms with Crippen LogP contribution in [0.5, 0.6) is 5.75 Å². The average Bonchev–Trinajstić information content (AvgIpc) is 2.98. The number of ether oxygens (including phenoxy) is 2. The minimum absolute atomic E-state index is 0.128. The van der Waals surface area contributed by atoms with E-state index in [4.69, 9.17) is 9.47 Å². The van der Waals surface area contributed by atoms with Crippen LogP contribution in [0.4, 0.5) is 5.00 Å². The number of hydrogen-bond acceptors (Lipinski definition) is 6. The van der Waals surface area contributed by atoms with Gasteiger partial charge >= 0.3 is 5.97 Å². The maximum absolute atomic E-state index is 12.6. The van der Waals surface area contributed by atoms with E-state index in [1.807, 2.05) is 19.1 Å². The molecule has 0 atom stereocenters. The third-order valence-corrected chi connectivity index (χ3v) is 5.27. The topological polar surface area (TPSA) is 84.9 Å². The lowest BCUT2D eigenvalue weighted by molar-refractivity contribution is -0.115. The van der Waals surface area contributed by atoms with Crippen LogP contribution in [0, 0.1) is 6.92 Å². The third kappa shape index (κ3) is 5.57. The van der Waals surface area contributed by atoms with Crippen LogP contribution in [-0.2, 0) is 16.0 Å². The summed E-state index contributed by atoms with van der Waals surface area (Å²) in [6.07, 6.45) is 0.128. The molecule has 0 saturated carbocycles. The molecule has 7 nitrogen and oxygen atoms in total. The predicted octanol–water partition coefficient (Wildman–Crippen LogP) is 3.51. The average molecular weight is 419 g/mol. The first-order chi connectivity index (χ1) is 13.8. The molecule has 0 aliphatic heterocycles. The van der Waals surface area contributed by atoms with Crippen LogP contribution < -0.4 is 10.1 Å². The highest BCUT2D eigenvalue weighted by atomic mass is 32.1. The van der Waals surface area contributed by atoms with Gasteiger partial charge in [0, 0.05) is 14.1 Å². The largest absolute Gasteiger partial charge is 0.494 e. The SMILES string of the molecule is CCOC(=O)c1c(NC(=O)Cc2ccc(OCC)cc2)sc(C(=O)N(C)C)c1C. The smallest absolute Gasteiger partial charge is 0.341 e. The monoisotopic (exact) mass is 418 g/mol. The molecule has 29 heavy (non-hydrogen) atoms. The van der Waals surface area contributed by atoms with E-state index in [2.05, 4.69) is 5.32 Å². The molecule has 2 rings (SSSR count). The lowest BCUT2D eigenvalue weighted by atomic mass is 10.1. The molecule has 0 unspecified atom stereocenters. The van der Waals surface area contributed by atoms with E-state index in [-0.39, 0.29) is 30.4 Å². The van der Waals surface area contributed by atoms with Gasteiger partial charge in [-0.3, -0.25) is 9.59 Å². The zero-order chi connectivity index (χ0) is 21.6. The standard InChI is InChI=1S/C21H26N2O5S/c1-6-27-15-10-8-14(9-11-15)12-16(24)22-19-17(21(26)28-7-2)13(3)18(29-19)20(25)23(4)5/h8-11H,6-7,12H2,1-5H3,(H,22,24). The Labute approximate surface area is 174 Å². The Kier molecular flexibility index (Phi) is 7.78. The molecular formula is C21H26N2O5S. The summed E-state index contributed by atoms with van der Waals surface area (Å²) < 4.78 is 10.5. The van der Waals surface area contributed by atoms with Crippen molar-refractivity contribution in [2.75, 3.05) is 32.6 Å². The van der Waals surface area contributed by atoms with Gasteiger partial charge in [0.05, 0.1) is 30.1 Å². The van der Waals surface area contributed by atoms with Gasteiger partial charge in [0.25, 0.3) is 5.91 Å². The van der Waals surface area contributed by atoms with E-state index >= 15 is 0 Å². The molecule has 1 aromatic heterocycles. The van der Waals surface area contributed by atoms with Gasteiger partial charge in [-0.2, -0.15) is 0 Å². The van der Waals surface area contributed by atoms with Crippen LogP contribution in [0.2, 0.25) is 0 Å². The summed E-state index contributed by atoms with van der Waals surface area (Å²) in [6.45, 7) is 6.06. The maximum atomic E-state index is 12.6. The molecule has 2 amide bonds. The first kappa shape index (κ1) is 22.4. The van der Waals surface area contributed by atoms with Gasteiger partial charge in [-0.1, -0.05) is 12.1 Å². The number of hydrogen-bond donors (Lipinski definition) is 1. The summed E-state index contributed by atoms with van der Waals surface area (Å²) in [4.78, 5) is 39.3. The van der Waals surface area contributed by atoms with Crippen molar-refractivity contribution in [2.24, 2.45) is 0 Å². The third-order valence-electron chi connectivity index (χ3n) is 4.08. The second-order valence-corrected chi connectivity index (χ2v) is 7.50. The summed E-state index contributed by atoms with van der Waals surface area (Å²) in [6, 6.07) is 7.24. The number of thiophene rings is 1. The van der Waals surface area contributed by atoms with Crippen LogP contribution in [0.15, 0.2) is 24.3 Å². The van der Waals surface area contributed by atoms with Gasteiger partial charge in [-0.15, -0.1) is 11.3 Å². The number of carbonyl (C=O) groups is 3. The van der Waals surface area contributed by atoms with Gasteiger partial charge in [-0.05, 0) is 44.0 Å². The molecule has 1 N–H and O–H groups in total. The van der Waals surface area contributed by atoms with E-state index in [9.17, 15) is 14.4 Å². The number of nitrogens with zero attached hydrogens (tertiary/aromatic N) is 1. The minimum Gasteiger partial charge on any atom is -0.494 e. The van der Waals surface area contributed by atoms with Crippen LogP contribution in [0.1, 0.15) is 45.0 Å². The zero-order valence-corrected chi connectivity index (χ0v) is 18.1. The van der Waals surface area contributed by atoms with Crippen LogP contribution in [-0.4, -0.2) is 50.0 Å². The van der Waals surface area contributed by atoms with Crippen molar-refractivity contribution in [3.8, 4) is 5.75 Å². The van der Waals surface area contributed by atoms with Crippen LogP contribution in [0.3, 0.4) is 0 Å². The molecule has 0 bridgehead atoms. The van der Waals surface area contributed by atoms with Gasteiger partial charge < -0.3 is 19.7 Å². The number of anilines is 1. The number of nitrogens with one attached hydrogen (secondary N) is 1. The van der Waals surface area contributed by atoms with E-state index in [1.165, 1.54) is 4.90 Å². The number of esters is 1. The fourth-order valence-electron chi connectivity index (χ4n) is 2.68. The van der Waals surface area contributed by atoms with Gasteiger partial charge in [0.2, 0.25) is 5.91 Å². The van der Waals surface area contributed by atoms with Crippen LogP contribution in [0.25, 0.3) is 0 Å². The molecule has 156 valence electrons. The van der Waals surface area contributed by atoms with Crippen molar-refractivity contribution >= 4 is 34.1 Å². The molecule has 0 aliphatic rings. The highest BCUT2D eigenvalue weighted by molar-refractivity contribution is 7.18. The highest BCUT2D eigenvalue weighted by Crippen LogP contribution is 2.34. The minimum atomic E-state index is -0.560. The van der Waals surface area contributed by atoms with Gasteiger partial charge in [0.1, 0.15) is 10.8 Å². The summed E-state index contributed by atoms with van der Waals surface area (Å²) in [5, 5.41) is 3.09. The summed E-state index contributed by atoms with van der Waals surface area (Å²) in [5.41, 5.74) is 1.53. The summed E-state index contributed by atoms with van der Waals surface area (Å²) in [7, 11) is 3.27. The lowest BCUT2D eigenvalue weighted by Gasteiger charge is -2.09. The quantitative estimate of drug-likeness (QED) is 0.663. The van der Waals surface area contributed by atoms with E-state index in [1.54, 1.807) is 40.1 Å². The molecule has 0 saturated heterocycles. The highest BCUT2D eigenvalue weighted by Gasteiger charge is 2.27. The van der Waals surface area contributed by atoms with Gasteiger partial charge in [-0.25, -0.2) is 4.79 Å². The van der Waals surface area contributed by atoms with E-state index < -0.39 is 5.97 Å². The first-order valence-corrected chi connectivity index (χ1v) is 10.1.